The highest BCUT2D eigenvalue weighted by molar-refractivity contribution is 5.85. The van der Waals surface area contributed by atoms with E-state index in [0.29, 0.717) is 6.42 Å². The Bertz CT molecular complexity index is 390. The number of halogens is 1. The molecule has 1 saturated carbocycles. The average molecular weight is 283 g/mol. The van der Waals surface area contributed by atoms with Gasteiger partial charge in [0, 0.05) is 6.42 Å². The summed E-state index contributed by atoms with van der Waals surface area (Å²) in [4.78, 5) is 12.0. The van der Waals surface area contributed by atoms with Crippen LogP contribution in [0.25, 0.3) is 0 Å². The van der Waals surface area contributed by atoms with Gasteiger partial charge in [-0.2, -0.15) is 0 Å². The van der Waals surface area contributed by atoms with Gasteiger partial charge in [0.25, 0.3) is 0 Å². The van der Waals surface area contributed by atoms with E-state index in [0.717, 1.165) is 25.8 Å². The predicted molar refractivity (Wildman–Crippen MR) is 80.5 cm³/mol. The average Bonchev–Trinajstić information content (AvgIpc) is 2.35. The van der Waals surface area contributed by atoms with E-state index in [1.807, 2.05) is 25.2 Å². The molecule has 2 rings (SSSR count). The monoisotopic (exact) mass is 282 g/mol. The minimum atomic E-state index is -0.0853. The van der Waals surface area contributed by atoms with E-state index in [1.165, 1.54) is 12.0 Å². The zero-order chi connectivity index (χ0) is 12.8. The summed E-state index contributed by atoms with van der Waals surface area (Å²) in [5.41, 5.74) is 1.16. The first-order valence-corrected chi connectivity index (χ1v) is 6.78. The van der Waals surface area contributed by atoms with Gasteiger partial charge in [0.2, 0.25) is 5.91 Å². The maximum atomic E-state index is 12.0. The molecule has 1 aliphatic carbocycles. The summed E-state index contributed by atoms with van der Waals surface area (Å²) in [6.07, 6.45) is 4.83. The van der Waals surface area contributed by atoms with E-state index >= 15 is 0 Å². The summed E-state index contributed by atoms with van der Waals surface area (Å²) in [5, 5.41) is 6.30. The minimum absolute atomic E-state index is 0. The summed E-state index contributed by atoms with van der Waals surface area (Å²) in [6.45, 7) is 0.895. The molecular formula is C15H23ClN2O. The van der Waals surface area contributed by atoms with Crippen LogP contribution in [0.2, 0.25) is 0 Å². The van der Waals surface area contributed by atoms with E-state index in [2.05, 4.69) is 22.8 Å². The Labute approximate surface area is 121 Å². The smallest absolute Gasteiger partial charge is 0.220 e. The van der Waals surface area contributed by atoms with Crippen LogP contribution in [-0.4, -0.2) is 19.5 Å². The molecule has 0 aromatic heterocycles. The van der Waals surface area contributed by atoms with E-state index in [4.69, 9.17) is 0 Å². The maximum absolute atomic E-state index is 12.0. The standard InChI is InChI=1S/C15H22N2O.ClH/c1-16-12-5-9-14(18)17-15(10-6-11-15)13-7-3-2-4-8-13;/h2-4,7-8,16H,5-6,9-12H2,1H3,(H,17,18);1H. The SMILES string of the molecule is CNCCCC(=O)NC1(c2ccccc2)CCC1.Cl. The van der Waals surface area contributed by atoms with Crippen molar-refractivity contribution >= 4 is 18.3 Å². The lowest BCUT2D eigenvalue weighted by Gasteiger charge is -2.43. The van der Waals surface area contributed by atoms with E-state index in [-0.39, 0.29) is 23.9 Å². The van der Waals surface area contributed by atoms with Crippen LogP contribution >= 0.6 is 12.4 Å². The molecule has 0 spiro atoms. The largest absolute Gasteiger partial charge is 0.347 e. The first-order chi connectivity index (χ1) is 8.77. The Kier molecular flexibility index (Phi) is 6.32. The van der Waals surface area contributed by atoms with Crippen LogP contribution in [0.4, 0.5) is 0 Å². The summed E-state index contributed by atoms with van der Waals surface area (Å²) >= 11 is 0. The van der Waals surface area contributed by atoms with Crippen molar-refractivity contribution in [1.29, 1.82) is 0 Å². The van der Waals surface area contributed by atoms with E-state index in [9.17, 15) is 4.79 Å². The highest BCUT2D eigenvalue weighted by Crippen LogP contribution is 2.41. The number of hydrogen-bond donors (Lipinski definition) is 2. The van der Waals surface area contributed by atoms with Crippen molar-refractivity contribution in [3.63, 3.8) is 0 Å². The van der Waals surface area contributed by atoms with Crippen molar-refractivity contribution in [1.82, 2.24) is 10.6 Å². The van der Waals surface area contributed by atoms with E-state index in [1.54, 1.807) is 0 Å². The van der Waals surface area contributed by atoms with Crippen molar-refractivity contribution in [2.75, 3.05) is 13.6 Å². The van der Waals surface area contributed by atoms with Crippen molar-refractivity contribution < 1.29 is 4.79 Å². The number of rotatable bonds is 6. The number of carbonyl (C=O) groups is 1. The molecule has 0 radical (unpaired) electrons. The summed E-state index contributed by atoms with van der Waals surface area (Å²) < 4.78 is 0. The second kappa shape index (κ2) is 7.51. The zero-order valence-corrected chi connectivity index (χ0v) is 12.3. The fourth-order valence-corrected chi connectivity index (χ4v) is 2.53. The highest BCUT2D eigenvalue weighted by atomic mass is 35.5. The van der Waals surface area contributed by atoms with Crippen LogP contribution < -0.4 is 10.6 Å². The normalized spacial score (nSPS) is 16.1. The molecule has 1 aliphatic rings. The molecule has 0 bridgehead atoms. The second-order valence-corrected chi connectivity index (χ2v) is 5.06. The van der Waals surface area contributed by atoms with Crippen LogP contribution in [0.15, 0.2) is 30.3 Å². The summed E-state index contributed by atoms with van der Waals surface area (Å²) in [5.74, 6) is 0.175. The lowest BCUT2D eigenvalue weighted by Crippen LogP contribution is -2.50. The first kappa shape index (κ1) is 16.0. The zero-order valence-electron chi connectivity index (χ0n) is 11.4. The van der Waals surface area contributed by atoms with Gasteiger partial charge in [-0.15, -0.1) is 12.4 Å². The molecule has 2 N–H and O–H groups in total. The molecule has 3 nitrogen and oxygen atoms in total. The van der Waals surface area contributed by atoms with Gasteiger partial charge in [-0.05, 0) is 44.8 Å². The van der Waals surface area contributed by atoms with Crippen LogP contribution in [0.5, 0.6) is 0 Å². The number of nitrogens with one attached hydrogen (secondary N) is 2. The van der Waals surface area contributed by atoms with Gasteiger partial charge < -0.3 is 10.6 Å². The molecule has 1 aromatic rings. The Morgan fingerprint density at radius 1 is 1.26 bits per heavy atom. The highest BCUT2D eigenvalue weighted by Gasteiger charge is 2.39. The fourth-order valence-electron chi connectivity index (χ4n) is 2.53. The molecule has 106 valence electrons. The third-order valence-electron chi connectivity index (χ3n) is 3.74. The van der Waals surface area contributed by atoms with E-state index < -0.39 is 0 Å². The molecule has 19 heavy (non-hydrogen) atoms. The number of amides is 1. The van der Waals surface area contributed by atoms with Crippen molar-refractivity contribution in [2.45, 2.75) is 37.6 Å². The Hall–Kier alpha value is -1.06. The van der Waals surface area contributed by atoms with Gasteiger partial charge in [-0.1, -0.05) is 30.3 Å². The lowest BCUT2D eigenvalue weighted by molar-refractivity contribution is -0.124. The van der Waals surface area contributed by atoms with Crippen LogP contribution in [0, 0.1) is 0 Å². The number of carbonyl (C=O) groups excluding carboxylic acids is 1. The topological polar surface area (TPSA) is 41.1 Å². The second-order valence-electron chi connectivity index (χ2n) is 5.06. The van der Waals surface area contributed by atoms with Crippen molar-refractivity contribution in [2.24, 2.45) is 0 Å². The maximum Gasteiger partial charge on any atom is 0.220 e. The predicted octanol–water partition coefficient (Wildman–Crippen LogP) is 2.60. The molecule has 1 aromatic carbocycles. The number of hydrogen-bond acceptors (Lipinski definition) is 2. The van der Waals surface area contributed by atoms with Crippen LogP contribution in [0.3, 0.4) is 0 Å². The molecule has 0 saturated heterocycles. The summed E-state index contributed by atoms with van der Waals surface area (Å²) in [6, 6.07) is 10.3. The van der Waals surface area contributed by atoms with Crippen LogP contribution in [-0.2, 0) is 10.3 Å². The van der Waals surface area contributed by atoms with Gasteiger partial charge in [0.05, 0.1) is 5.54 Å². The Balaban J connectivity index is 0.00000180. The third-order valence-corrected chi connectivity index (χ3v) is 3.74. The lowest BCUT2D eigenvalue weighted by atomic mass is 9.71. The van der Waals surface area contributed by atoms with Crippen LogP contribution in [0.1, 0.15) is 37.7 Å². The fraction of sp³-hybridized carbons (Fsp3) is 0.533. The molecule has 0 aliphatic heterocycles. The molecule has 0 unspecified atom stereocenters. The summed E-state index contributed by atoms with van der Waals surface area (Å²) in [7, 11) is 1.91. The van der Waals surface area contributed by atoms with Gasteiger partial charge >= 0.3 is 0 Å². The van der Waals surface area contributed by atoms with Gasteiger partial charge in [-0.25, -0.2) is 0 Å². The Morgan fingerprint density at radius 2 is 1.95 bits per heavy atom. The van der Waals surface area contributed by atoms with Gasteiger partial charge in [0.15, 0.2) is 0 Å². The molecule has 1 fully saturated rings. The first-order valence-electron chi connectivity index (χ1n) is 6.78. The number of benzene rings is 1. The van der Waals surface area contributed by atoms with Crippen molar-refractivity contribution in [3.8, 4) is 0 Å². The quantitative estimate of drug-likeness (QED) is 0.788. The molecule has 0 heterocycles. The Morgan fingerprint density at radius 3 is 2.47 bits per heavy atom. The molecule has 0 atom stereocenters. The molecule has 4 heteroatoms. The van der Waals surface area contributed by atoms with Gasteiger partial charge in [0.1, 0.15) is 0 Å². The third kappa shape index (κ3) is 3.95. The van der Waals surface area contributed by atoms with Gasteiger partial charge in [-0.3, -0.25) is 4.79 Å². The minimum Gasteiger partial charge on any atom is -0.347 e. The molecular weight excluding hydrogens is 260 g/mol. The van der Waals surface area contributed by atoms with Crippen molar-refractivity contribution in [3.05, 3.63) is 35.9 Å². The molecule has 1 amide bonds.